The molecule has 3 rings (SSSR count). The minimum atomic E-state index is -0.807. The zero-order valence-corrected chi connectivity index (χ0v) is 15.5. The van der Waals surface area contributed by atoms with Gasteiger partial charge in [-0.25, -0.2) is 4.79 Å². The highest BCUT2D eigenvalue weighted by atomic mass is 16.5. The summed E-state index contributed by atoms with van der Waals surface area (Å²) in [6.07, 6.45) is 4.12. The van der Waals surface area contributed by atoms with Gasteiger partial charge in [0.1, 0.15) is 5.56 Å². The number of aryl methyl sites for hydroxylation is 1. The van der Waals surface area contributed by atoms with Crippen molar-refractivity contribution in [1.29, 1.82) is 0 Å². The third-order valence-corrected chi connectivity index (χ3v) is 4.56. The Morgan fingerprint density at radius 2 is 1.96 bits per heavy atom. The number of hydrogen-bond donors (Lipinski definition) is 3. The Morgan fingerprint density at radius 1 is 1.25 bits per heavy atom. The number of anilines is 2. The maximum atomic E-state index is 12.5. The summed E-state index contributed by atoms with van der Waals surface area (Å²) in [5, 5.41) is 9.14. The molecule has 1 aromatic heterocycles. The molecule has 2 amide bonds. The highest BCUT2D eigenvalue weighted by Gasteiger charge is 2.22. The van der Waals surface area contributed by atoms with Gasteiger partial charge in [-0.15, -0.1) is 0 Å². The highest BCUT2D eigenvalue weighted by molar-refractivity contribution is 6.04. The Hall–Kier alpha value is -3.36. The Morgan fingerprint density at radius 3 is 2.64 bits per heavy atom. The zero-order valence-electron chi connectivity index (χ0n) is 15.5. The Balaban J connectivity index is 1.59. The number of esters is 1. The molecule has 2 aromatic rings. The van der Waals surface area contributed by atoms with E-state index in [1.54, 1.807) is 24.3 Å². The van der Waals surface area contributed by atoms with Gasteiger partial charge < -0.3 is 25.6 Å². The van der Waals surface area contributed by atoms with Crippen molar-refractivity contribution in [3.05, 3.63) is 41.1 Å². The summed E-state index contributed by atoms with van der Waals surface area (Å²) in [5.41, 5.74) is 6.48. The van der Waals surface area contributed by atoms with Gasteiger partial charge in [0.2, 0.25) is 5.88 Å². The molecule has 0 saturated heterocycles. The quantitative estimate of drug-likeness (QED) is 0.646. The van der Waals surface area contributed by atoms with Crippen molar-refractivity contribution in [3.8, 4) is 0 Å². The fourth-order valence-electron chi connectivity index (χ4n) is 3.15. The van der Waals surface area contributed by atoms with Crippen molar-refractivity contribution >= 4 is 29.4 Å². The van der Waals surface area contributed by atoms with E-state index in [9.17, 15) is 14.4 Å². The summed E-state index contributed by atoms with van der Waals surface area (Å²) in [6.45, 7) is 0.997. The van der Waals surface area contributed by atoms with Gasteiger partial charge >= 0.3 is 5.97 Å². The molecule has 4 N–H and O–H groups in total. The third kappa shape index (κ3) is 4.48. The molecule has 0 spiro atoms. The number of nitrogens with two attached hydrogens (primary N) is 1. The van der Waals surface area contributed by atoms with Crippen LogP contribution in [0.1, 0.15) is 52.1 Å². The van der Waals surface area contributed by atoms with Gasteiger partial charge in [-0.05, 0) is 31.9 Å². The number of aromatic nitrogens is 1. The molecule has 0 aliphatic heterocycles. The number of nitrogens with zero attached hydrogens (tertiary/aromatic N) is 1. The van der Waals surface area contributed by atoms with Crippen molar-refractivity contribution in [2.75, 3.05) is 17.7 Å². The number of nitrogen functional groups attached to an aromatic ring is 1. The number of ether oxygens (including phenoxy) is 1. The van der Waals surface area contributed by atoms with E-state index in [-0.39, 0.29) is 29.1 Å². The predicted octanol–water partition coefficient (Wildman–Crippen LogP) is 2.03. The summed E-state index contributed by atoms with van der Waals surface area (Å²) in [4.78, 5) is 36.7. The molecule has 0 radical (unpaired) electrons. The molecule has 1 heterocycles. The van der Waals surface area contributed by atoms with Crippen LogP contribution in [0.25, 0.3) is 0 Å². The number of carbonyl (C=O) groups is 3. The maximum absolute atomic E-state index is 12.5. The average Bonchev–Trinajstić information content (AvgIpc) is 3.29. The Labute approximate surface area is 161 Å². The van der Waals surface area contributed by atoms with Crippen LogP contribution in [-0.2, 0) is 9.53 Å². The number of carbonyl (C=O) groups excluding carboxylic acids is 3. The minimum Gasteiger partial charge on any atom is -0.452 e. The SMILES string of the molecule is Cc1noc(N)c1C(=O)OCC(=O)Nc1ccccc1C(=O)NC1CCCC1. The molecular formula is C19H22N4O5. The van der Waals surface area contributed by atoms with Crippen LogP contribution in [-0.4, -0.2) is 35.6 Å². The van der Waals surface area contributed by atoms with Crippen LogP contribution in [0.5, 0.6) is 0 Å². The molecule has 1 fully saturated rings. The molecule has 1 aliphatic rings. The largest absolute Gasteiger partial charge is 0.452 e. The fraction of sp³-hybridized carbons (Fsp3) is 0.368. The van der Waals surface area contributed by atoms with Gasteiger partial charge in [0.15, 0.2) is 6.61 Å². The summed E-state index contributed by atoms with van der Waals surface area (Å²) >= 11 is 0. The summed E-state index contributed by atoms with van der Waals surface area (Å²) < 4.78 is 9.66. The van der Waals surface area contributed by atoms with E-state index in [1.165, 1.54) is 6.92 Å². The Kier molecular flexibility index (Phi) is 5.93. The van der Waals surface area contributed by atoms with Crippen molar-refractivity contribution in [2.45, 2.75) is 38.6 Å². The lowest BCUT2D eigenvalue weighted by Gasteiger charge is -2.15. The van der Waals surface area contributed by atoms with Gasteiger partial charge in [-0.3, -0.25) is 9.59 Å². The van der Waals surface area contributed by atoms with Crippen molar-refractivity contribution in [2.24, 2.45) is 0 Å². The summed E-state index contributed by atoms with van der Waals surface area (Å²) in [6, 6.07) is 6.83. The lowest BCUT2D eigenvalue weighted by molar-refractivity contribution is -0.119. The lowest BCUT2D eigenvalue weighted by atomic mass is 10.1. The van der Waals surface area contributed by atoms with E-state index in [2.05, 4.69) is 15.8 Å². The molecule has 1 aliphatic carbocycles. The topological polar surface area (TPSA) is 137 Å². The molecule has 148 valence electrons. The molecule has 0 atom stereocenters. The molecule has 28 heavy (non-hydrogen) atoms. The van der Waals surface area contributed by atoms with Crippen LogP contribution in [0.15, 0.2) is 28.8 Å². The monoisotopic (exact) mass is 386 g/mol. The van der Waals surface area contributed by atoms with E-state index in [4.69, 9.17) is 15.0 Å². The van der Waals surface area contributed by atoms with Crippen LogP contribution in [0.4, 0.5) is 11.6 Å². The maximum Gasteiger partial charge on any atom is 0.346 e. The van der Waals surface area contributed by atoms with Crippen molar-refractivity contribution in [3.63, 3.8) is 0 Å². The van der Waals surface area contributed by atoms with Gasteiger partial charge in [-0.2, -0.15) is 0 Å². The van der Waals surface area contributed by atoms with Gasteiger partial charge in [0, 0.05) is 6.04 Å². The normalized spacial score (nSPS) is 13.9. The molecule has 0 bridgehead atoms. The van der Waals surface area contributed by atoms with Crippen molar-refractivity contribution in [1.82, 2.24) is 10.5 Å². The predicted molar refractivity (Wildman–Crippen MR) is 101 cm³/mol. The number of rotatable bonds is 6. The van der Waals surface area contributed by atoms with E-state index in [0.29, 0.717) is 11.3 Å². The Bertz CT molecular complexity index is 867. The number of para-hydroxylation sites is 1. The summed E-state index contributed by atoms with van der Waals surface area (Å²) in [5.74, 6) is -1.80. The highest BCUT2D eigenvalue weighted by Crippen LogP contribution is 2.20. The smallest absolute Gasteiger partial charge is 0.346 e. The number of nitrogens with one attached hydrogen (secondary N) is 2. The zero-order chi connectivity index (χ0) is 20.1. The molecule has 1 aromatic carbocycles. The first-order valence-electron chi connectivity index (χ1n) is 9.04. The van der Waals surface area contributed by atoms with E-state index in [0.717, 1.165) is 25.7 Å². The minimum absolute atomic E-state index is 0.0101. The molecule has 9 nitrogen and oxygen atoms in total. The molecule has 0 unspecified atom stereocenters. The molecule has 9 heteroatoms. The van der Waals surface area contributed by atoms with Crippen LogP contribution in [0.3, 0.4) is 0 Å². The van der Waals surface area contributed by atoms with E-state index in [1.807, 2.05) is 0 Å². The fourth-order valence-corrected chi connectivity index (χ4v) is 3.15. The van der Waals surface area contributed by atoms with Gasteiger partial charge in [0.05, 0.1) is 16.9 Å². The summed E-state index contributed by atoms with van der Waals surface area (Å²) in [7, 11) is 0. The van der Waals surface area contributed by atoms with E-state index >= 15 is 0 Å². The van der Waals surface area contributed by atoms with Crippen LogP contribution in [0, 0.1) is 6.92 Å². The van der Waals surface area contributed by atoms with Crippen LogP contribution < -0.4 is 16.4 Å². The third-order valence-electron chi connectivity index (χ3n) is 4.56. The van der Waals surface area contributed by atoms with E-state index < -0.39 is 18.5 Å². The van der Waals surface area contributed by atoms with Crippen LogP contribution in [0.2, 0.25) is 0 Å². The van der Waals surface area contributed by atoms with Gasteiger partial charge in [-0.1, -0.05) is 30.1 Å². The second kappa shape index (κ2) is 8.55. The second-order valence-electron chi connectivity index (χ2n) is 6.63. The van der Waals surface area contributed by atoms with Gasteiger partial charge in [0.25, 0.3) is 11.8 Å². The van der Waals surface area contributed by atoms with Crippen molar-refractivity contribution < 1.29 is 23.6 Å². The number of amides is 2. The molecular weight excluding hydrogens is 364 g/mol. The first-order valence-corrected chi connectivity index (χ1v) is 9.04. The molecule has 1 saturated carbocycles. The standard InChI is InChI=1S/C19H22N4O5/c1-11-16(17(20)28-23-11)19(26)27-10-15(24)22-14-9-5-4-8-13(14)18(25)21-12-6-2-3-7-12/h4-5,8-9,12H,2-3,6-7,10,20H2,1H3,(H,21,25)(H,22,24). The number of hydrogen-bond acceptors (Lipinski definition) is 7. The average molecular weight is 386 g/mol. The number of benzene rings is 1. The first-order chi connectivity index (χ1) is 13.5. The lowest BCUT2D eigenvalue weighted by Crippen LogP contribution is -2.33. The first kappa shape index (κ1) is 19.4. The van der Waals surface area contributed by atoms with Crippen LogP contribution >= 0.6 is 0 Å². The second-order valence-corrected chi connectivity index (χ2v) is 6.63.